The molecule has 1 fully saturated rings. The maximum atomic E-state index is 12.2. The maximum Gasteiger partial charge on any atom is 0.253 e. The van der Waals surface area contributed by atoms with Gasteiger partial charge < -0.3 is 10.6 Å². The van der Waals surface area contributed by atoms with E-state index in [-0.39, 0.29) is 11.9 Å². The molecule has 2 N–H and O–H groups in total. The van der Waals surface area contributed by atoms with Gasteiger partial charge in [-0.05, 0) is 37.7 Å². The Labute approximate surface area is 125 Å². The van der Waals surface area contributed by atoms with E-state index in [1.165, 1.54) is 19.3 Å². The molecule has 0 spiro atoms. The third kappa shape index (κ3) is 3.63. The standard InChI is InChI=1S/C15H22ClN3O/c1-3-10-4-6-12(7-5-10)19-15(20)11-8-13(16)14(17-2)18-9-11/h8-10,12H,3-7H2,1-2H3,(H,17,18)(H,19,20). The zero-order valence-corrected chi connectivity index (χ0v) is 12.8. The Hall–Kier alpha value is -1.29. The number of nitrogens with one attached hydrogen (secondary N) is 2. The first-order chi connectivity index (χ1) is 9.63. The van der Waals surface area contributed by atoms with Gasteiger partial charge in [0.1, 0.15) is 5.82 Å². The third-order valence-corrected chi connectivity index (χ3v) is 4.39. The van der Waals surface area contributed by atoms with Crippen molar-refractivity contribution >= 4 is 23.3 Å². The van der Waals surface area contributed by atoms with E-state index in [4.69, 9.17) is 11.6 Å². The molecule has 1 heterocycles. The van der Waals surface area contributed by atoms with Crippen LogP contribution >= 0.6 is 11.6 Å². The fraction of sp³-hybridized carbons (Fsp3) is 0.600. The van der Waals surface area contributed by atoms with Crippen LogP contribution in [0.25, 0.3) is 0 Å². The van der Waals surface area contributed by atoms with E-state index in [0.717, 1.165) is 18.8 Å². The van der Waals surface area contributed by atoms with Gasteiger partial charge in [-0.15, -0.1) is 0 Å². The van der Waals surface area contributed by atoms with Gasteiger partial charge in [0.05, 0.1) is 10.6 Å². The van der Waals surface area contributed by atoms with Crippen molar-refractivity contribution in [2.24, 2.45) is 5.92 Å². The summed E-state index contributed by atoms with van der Waals surface area (Å²) in [7, 11) is 1.75. The molecule has 1 amide bonds. The minimum Gasteiger partial charge on any atom is -0.372 e. The Morgan fingerprint density at radius 1 is 1.40 bits per heavy atom. The molecule has 0 unspecified atom stereocenters. The van der Waals surface area contributed by atoms with Crippen molar-refractivity contribution in [1.82, 2.24) is 10.3 Å². The maximum absolute atomic E-state index is 12.2. The topological polar surface area (TPSA) is 54.0 Å². The minimum absolute atomic E-state index is 0.0815. The second-order valence-electron chi connectivity index (χ2n) is 5.40. The Morgan fingerprint density at radius 3 is 2.65 bits per heavy atom. The molecule has 1 aromatic heterocycles. The van der Waals surface area contributed by atoms with Gasteiger partial charge in [-0.2, -0.15) is 0 Å². The van der Waals surface area contributed by atoms with Gasteiger partial charge in [-0.1, -0.05) is 24.9 Å². The molecule has 1 aromatic rings. The van der Waals surface area contributed by atoms with Gasteiger partial charge in [0.25, 0.3) is 5.91 Å². The average molecular weight is 296 g/mol. The van der Waals surface area contributed by atoms with Crippen LogP contribution in [-0.4, -0.2) is 24.0 Å². The zero-order chi connectivity index (χ0) is 14.5. The third-order valence-electron chi connectivity index (χ3n) is 4.10. The number of rotatable bonds is 4. The summed E-state index contributed by atoms with van der Waals surface area (Å²) in [5.41, 5.74) is 0.520. The van der Waals surface area contributed by atoms with Crippen LogP contribution in [0.1, 0.15) is 49.4 Å². The molecular formula is C15H22ClN3O. The van der Waals surface area contributed by atoms with E-state index in [1.807, 2.05) is 0 Å². The number of halogens is 1. The monoisotopic (exact) mass is 295 g/mol. The van der Waals surface area contributed by atoms with Gasteiger partial charge in [-0.25, -0.2) is 4.98 Å². The molecule has 1 aliphatic rings. The number of hydrogen-bond donors (Lipinski definition) is 2. The van der Waals surface area contributed by atoms with E-state index >= 15 is 0 Å². The molecule has 0 aliphatic heterocycles. The highest BCUT2D eigenvalue weighted by Crippen LogP contribution is 2.27. The van der Waals surface area contributed by atoms with Crippen LogP contribution in [0.3, 0.4) is 0 Å². The molecule has 0 aromatic carbocycles. The largest absolute Gasteiger partial charge is 0.372 e. The summed E-state index contributed by atoms with van der Waals surface area (Å²) in [6.45, 7) is 2.24. The van der Waals surface area contributed by atoms with Crippen LogP contribution in [0.4, 0.5) is 5.82 Å². The summed E-state index contributed by atoms with van der Waals surface area (Å²) in [5, 5.41) is 6.43. The fourth-order valence-corrected chi connectivity index (χ4v) is 2.99. The number of carbonyl (C=O) groups is 1. The van der Waals surface area contributed by atoms with E-state index in [9.17, 15) is 4.79 Å². The van der Waals surface area contributed by atoms with Crippen molar-refractivity contribution < 1.29 is 4.79 Å². The first kappa shape index (κ1) is 15.1. The van der Waals surface area contributed by atoms with E-state index < -0.39 is 0 Å². The Balaban J connectivity index is 1.93. The minimum atomic E-state index is -0.0815. The zero-order valence-electron chi connectivity index (χ0n) is 12.1. The SMILES string of the molecule is CCC1CCC(NC(=O)c2cnc(NC)c(Cl)c2)CC1. The van der Waals surface area contributed by atoms with Crippen LogP contribution in [0.5, 0.6) is 0 Å². The summed E-state index contributed by atoms with van der Waals surface area (Å²) in [6.07, 6.45) is 7.36. The highest BCUT2D eigenvalue weighted by Gasteiger charge is 2.22. The number of hydrogen-bond acceptors (Lipinski definition) is 3. The van der Waals surface area contributed by atoms with Crippen molar-refractivity contribution in [1.29, 1.82) is 0 Å². The second-order valence-corrected chi connectivity index (χ2v) is 5.81. The molecule has 5 heteroatoms. The fourth-order valence-electron chi connectivity index (χ4n) is 2.73. The van der Waals surface area contributed by atoms with Gasteiger partial charge in [0.15, 0.2) is 0 Å². The quantitative estimate of drug-likeness (QED) is 0.894. The van der Waals surface area contributed by atoms with Crippen molar-refractivity contribution in [2.75, 3.05) is 12.4 Å². The summed E-state index contributed by atoms with van der Waals surface area (Å²) in [6, 6.07) is 1.95. The lowest BCUT2D eigenvalue weighted by molar-refractivity contribution is 0.0921. The van der Waals surface area contributed by atoms with E-state index in [0.29, 0.717) is 16.4 Å². The van der Waals surface area contributed by atoms with Crippen molar-refractivity contribution in [3.8, 4) is 0 Å². The van der Waals surface area contributed by atoms with Gasteiger partial charge in [0, 0.05) is 19.3 Å². The second kappa shape index (κ2) is 6.93. The Bertz CT molecular complexity index is 470. The van der Waals surface area contributed by atoms with Crippen LogP contribution < -0.4 is 10.6 Å². The molecule has 0 saturated heterocycles. The number of aromatic nitrogens is 1. The summed E-state index contributed by atoms with van der Waals surface area (Å²) in [4.78, 5) is 16.3. The van der Waals surface area contributed by atoms with E-state index in [2.05, 4.69) is 22.5 Å². The summed E-state index contributed by atoms with van der Waals surface area (Å²) in [5.74, 6) is 1.34. The van der Waals surface area contributed by atoms with E-state index in [1.54, 1.807) is 19.3 Å². The lowest BCUT2D eigenvalue weighted by atomic mass is 9.84. The van der Waals surface area contributed by atoms with Crippen molar-refractivity contribution in [3.05, 3.63) is 22.8 Å². The lowest BCUT2D eigenvalue weighted by Crippen LogP contribution is -2.37. The van der Waals surface area contributed by atoms with Gasteiger partial charge in [0.2, 0.25) is 0 Å². The van der Waals surface area contributed by atoms with Crippen LogP contribution in [-0.2, 0) is 0 Å². The lowest BCUT2D eigenvalue weighted by Gasteiger charge is -2.28. The number of pyridine rings is 1. The predicted octanol–water partition coefficient (Wildman–Crippen LogP) is 3.48. The number of carbonyl (C=O) groups excluding carboxylic acids is 1. The molecule has 4 nitrogen and oxygen atoms in total. The van der Waals surface area contributed by atoms with Crippen molar-refractivity contribution in [3.63, 3.8) is 0 Å². The smallest absolute Gasteiger partial charge is 0.253 e. The van der Waals surface area contributed by atoms with Gasteiger partial charge >= 0.3 is 0 Å². The van der Waals surface area contributed by atoms with Gasteiger partial charge in [-0.3, -0.25) is 4.79 Å². The summed E-state index contributed by atoms with van der Waals surface area (Å²) >= 11 is 6.05. The molecule has 0 atom stereocenters. The molecule has 1 saturated carbocycles. The van der Waals surface area contributed by atoms with Crippen molar-refractivity contribution in [2.45, 2.75) is 45.1 Å². The molecule has 0 bridgehead atoms. The number of nitrogens with zero attached hydrogens (tertiary/aromatic N) is 1. The molecule has 20 heavy (non-hydrogen) atoms. The average Bonchev–Trinajstić information content (AvgIpc) is 2.48. The summed E-state index contributed by atoms with van der Waals surface area (Å²) < 4.78 is 0. The van der Waals surface area contributed by atoms with Crippen LogP contribution in [0.15, 0.2) is 12.3 Å². The van der Waals surface area contributed by atoms with Crippen LogP contribution in [0, 0.1) is 5.92 Å². The Morgan fingerprint density at radius 2 is 2.10 bits per heavy atom. The molecule has 1 aliphatic carbocycles. The highest BCUT2D eigenvalue weighted by molar-refractivity contribution is 6.33. The first-order valence-electron chi connectivity index (χ1n) is 7.28. The molecule has 110 valence electrons. The van der Waals surface area contributed by atoms with Crippen LogP contribution in [0.2, 0.25) is 5.02 Å². The first-order valence-corrected chi connectivity index (χ1v) is 7.66. The number of amides is 1. The predicted molar refractivity (Wildman–Crippen MR) is 82.3 cm³/mol. The molecule has 2 rings (SSSR count). The molecule has 0 radical (unpaired) electrons. The normalized spacial score (nSPS) is 22.4. The number of anilines is 1. The Kier molecular flexibility index (Phi) is 5.24. The highest BCUT2D eigenvalue weighted by atomic mass is 35.5. The molecular weight excluding hydrogens is 274 g/mol.